The Morgan fingerprint density at radius 2 is 1.94 bits per heavy atom. The lowest BCUT2D eigenvalue weighted by atomic mass is 10.2. The average molecular weight is 255 g/mol. The molecule has 17 heavy (non-hydrogen) atoms. The number of nitrogens with one attached hydrogen (secondary N) is 1. The van der Waals surface area contributed by atoms with Crippen LogP contribution in [0.5, 0.6) is 0 Å². The number of rotatable bonds is 8. The molecule has 0 amide bonds. The van der Waals surface area contributed by atoms with Crippen molar-refractivity contribution in [1.82, 2.24) is 15.2 Å². The quantitative estimate of drug-likeness (QED) is 0.774. The molecule has 3 nitrogen and oxygen atoms in total. The highest BCUT2D eigenvalue weighted by molar-refractivity contribution is 7.11. The fourth-order valence-corrected chi connectivity index (χ4v) is 3.04. The molecule has 0 fully saturated rings. The van der Waals surface area contributed by atoms with Gasteiger partial charge in [-0.3, -0.25) is 4.90 Å². The van der Waals surface area contributed by atoms with E-state index in [1.54, 1.807) is 0 Å². The first-order valence-corrected chi connectivity index (χ1v) is 7.41. The van der Waals surface area contributed by atoms with E-state index < -0.39 is 0 Å². The summed E-state index contributed by atoms with van der Waals surface area (Å²) >= 11 is 1.87. The van der Waals surface area contributed by atoms with Gasteiger partial charge < -0.3 is 5.32 Å². The van der Waals surface area contributed by atoms with Crippen LogP contribution in [0.3, 0.4) is 0 Å². The second kappa shape index (κ2) is 7.80. The maximum absolute atomic E-state index is 4.79. The Kier molecular flexibility index (Phi) is 6.70. The number of hydrogen-bond acceptors (Lipinski definition) is 4. The molecule has 0 saturated heterocycles. The van der Waals surface area contributed by atoms with Crippen LogP contribution in [0.4, 0.5) is 0 Å². The van der Waals surface area contributed by atoms with E-state index in [9.17, 15) is 0 Å². The largest absolute Gasteiger partial charge is 0.315 e. The zero-order valence-corrected chi connectivity index (χ0v) is 12.4. The number of aryl methyl sites for hydroxylation is 1. The summed E-state index contributed by atoms with van der Waals surface area (Å²) in [6, 6.07) is 0. The first-order valence-electron chi connectivity index (χ1n) is 6.59. The monoisotopic (exact) mass is 255 g/mol. The fraction of sp³-hybridized carbons (Fsp3) is 0.769. The van der Waals surface area contributed by atoms with Crippen LogP contribution in [0.15, 0.2) is 0 Å². The number of thiazole rings is 1. The van der Waals surface area contributed by atoms with Gasteiger partial charge in [-0.25, -0.2) is 4.98 Å². The van der Waals surface area contributed by atoms with Gasteiger partial charge in [-0.05, 0) is 26.6 Å². The van der Waals surface area contributed by atoms with Gasteiger partial charge in [0.05, 0.1) is 12.2 Å². The zero-order chi connectivity index (χ0) is 12.7. The molecule has 1 heterocycles. The molecule has 1 N–H and O–H groups in total. The van der Waals surface area contributed by atoms with Crippen molar-refractivity contribution < 1.29 is 0 Å². The van der Waals surface area contributed by atoms with E-state index in [0.717, 1.165) is 32.6 Å². The van der Waals surface area contributed by atoms with Gasteiger partial charge >= 0.3 is 0 Å². The Hall–Kier alpha value is -0.450. The molecule has 0 aliphatic carbocycles. The molecule has 0 unspecified atom stereocenters. The molecule has 4 heteroatoms. The molecule has 0 aliphatic rings. The molecular weight excluding hydrogens is 230 g/mol. The molecular formula is C13H25N3S. The normalized spacial score (nSPS) is 11.4. The number of hydrogen-bond donors (Lipinski definition) is 1. The molecule has 1 rings (SSSR count). The minimum atomic E-state index is 0.950. The predicted octanol–water partition coefficient (Wildman–Crippen LogP) is 2.66. The van der Waals surface area contributed by atoms with Gasteiger partial charge in [-0.15, -0.1) is 11.3 Å². The van der Waals surface area contributed by atoms with E-state index in [2.05, 4.69) is 31.0 Å². The Morgan fingerprint density at radius 1 is 1.24 bits per heavy atom. The standard InChI is InChI=1S/C13H25N3S/c1-5-8-11-12(9-14-4)17-13(15-11)10-16(6-2)7-3/h14H,5-10H2,1-4H3. The van der Waals surface area contributed by atoms with Crippen molar-refractivity contribution in [3.05, 3.63) is 15.6 Å². The SMILES string of the molecule is CCCc1nc(CN(CC)CC)sc1CNC. The molecule has 0 aliphatic heterocycles. The maximum atomic E-state index is 4.79. The van der Waals surface area contributed by atoms with Crippen LogP contribution in [0.1, 0.15) is 42.8 Å². The Labute approximate surface area is 109 Å². The highest BCUT2D eigenvalue weighted by Gasteiger charge is 2.11. The van der Waals surface area contributed by atoms with E-state index in [4.69, 9.17) is 4.98 Å². The number of aromatic nitrogens is 1. The van der Waals surface area contributed by atoms with E-state index in [1.807, 2.05) is 18.4 Å². The second-order valence-electron chi connectivity index (χ2n) is 4.22. The van der Waals surface area contributed by atoms with Crippen LogP contribution in [-0.4, -0.2) is 30.0 Å². The highest BCUT2D eigenvalue weighted by Crippen LogP contribution is 2.21. The van der Waals surface area contributed by atoms with Crippen LogP contribution < -0.4 is 5.32 Å². The predicted molar refractivity (Wildman–Crippen MR) is 75.5 cm³/mol. The molecule has 98 valence electrons. The summed E-state index contributed by atoms with van der Waals surface area (Å²) in [7, 11) is 2.00. The van der Waals surface area contributed by atoms with Gasteiger partial charge in [-0.2, -0.15) is 0 Å². The van der Waals surface area contributed by atoms with Gasteiger partial charge in [0.1, 0.15) is 5.01 Å². The van der Waals surface area contributed by atoms with Crippen LogP contribution in [0.2, 0.25) is 0 Å². The third-order valence-corrected chi connectivity index (χ3v) is 3.98. The van der Waals surface area contributed by atoms with E-state index in [-0.39, 0.29) is 0 Å². The first kappa shape index (κ1) is 14.6. The average Bonchev–Trinajstić information content (AvgIpc) is 2.69. The van der Waals surface area contributed by atoms with Crippen LogP contribution in [0, 0.1) is 0 Å². The summed E-state index contributed by atoms with van der Waals surface area (Å²) in [4.78, 5) is 8.62. The van der Waals surface area contributed by atoms with Crippen molar-refractivity contribution in [3.8, 4) is 0 Å². The van der Waals surface area contributed by atoms with Crippen molar-refractivity contribution in [2.45, 2.75) is 46.7 Å². The summed E-state index contributed by atoms with van der Waals surface area (Å²) in [5, 5.41) is 4.50. The lowest BCUT2D eigenvalue weighted by Gasteiger charge is -2.15. The summed E-state index contributed by atoms with van der Waals surface area (Å²) in [6.45, 7) is 10.8. The third-order valence-electron chi connectivity index (χ3n) is 2.90. The van der Waals surface area contributed by atoms with Gasteiger partial charge in [0.25, 0.3) is 0 Å². The molecule has 0 spiro atoms. The fourth-order valence-electron chi connectivity index (χ4n) is 1.87. The first-order chi connectivity index (χ1) is 8.24. The topological polar surface area (TPSA) is 28.2 Å². The van der Waals surface area contributed by atoms with Crippen LogP contribution in [-0.2, 0) is 19.5 Å². The molecule has 1 aromatic heterocycles. The summed E-state index contributed by atoms with van der Waals surface area (Å²) in [5.41, 5.74) is 1.30. The molecule has 0 bridgehead atoms. The summed E-state index contributed by atoms with van der Waals surface area (Å²) < 4.78 is 0. The zero-order valence-electron chi connectivity index (χ0n) is 11.5. The molecule has 0 aromatic carbocycles. The van der Waals surface area contributed by atoms with Crippen LogP contribution in [0.25, 0.3) is 0 Å². The minimum absolute atomic E-state index is 0.950. The summed E-state index contributed by atoms with van der Waals surface area (Å²) in [5.74, 6) is 0. The number of nitrogens with zero attached hydrogens (tertiary/aromatic N) is 2. The van der Waals surface area contributed by atoms with Gasteiger partial charge in [0.15, 0.2) is 0 Å². The van der Waals surface area contributed by atoms with Crippen molar-refractivity contribution in [2.75, 3.05) is 20.1 Å². The highest BCUT2D eigenvalue weighted by atomic mass is 32.1. The lowest BCUT2D eigenvalue weighted by molar-refractivity contribution is 0.295. The smallest absolute Gasteiger partial charge is 0.107 e. The van der Waals surface area contributed by atoms with Crippen molar-refractivity contribution in [1.29, 1.82) is 0 Å². The molecule has 0 atom stereocenters. The van der Waals surface area contributed by atoms with E-state index in [0.29, 0.717) is 0 Å². The summed E-state index contributed by atoms with van der Waals surface area (Å²) in [6.07, 6.45) is 2.27. The van der Waals surface area contributed by atoms with E-state index >= 15 is 0 Å². The van der Waals surface area contributed by atoms with Gasteiger partial charge in [0, 0.05) is 11.4 Å². The van der Waals surface area contributed by atoms with Gasteiger partial charge in [-0.1, -0.05) is 27.2 Å². The molecule has 1 aromatic rings. The minimum Gasteiger partial charge on any atom is -0.315 e. The third kappa shape index (κ3) is 4.37. The van der Waals surface area contributed by atoms with E-state index in [1.165, 1.54) is 22.0 Å². The lowest BCUT2D eigenvalue weighted by Crippen LogP contribution is -2.21. The van der Waals surface area contributed by atoms with Crippen molar-refractivity contribution >= 4 is 11.3 Å². The maximum Gasteiger partial charge on any atom is 0.107 e. The second-order valence-corrected chi connectivity index (χ2v) is 5.39. The Morgan fingerprint density at radius 3 is 2.47 bits per heavy atom. The molecule has 0 radical (unpaired) electrons. The Balaban J connectivity index is 2.75. The molecule has 0 saturated carbocycles. The van der Waals surface area contributed by atoms with Gasteiger partial charge in [0.2, 0.25) is 0 Å². The Bertz CT molecular complexity index is 295. The van der Waals surface area contributed by atoms with Crippen LogP contribution >= 0.6 is 11.3 Å². The van der Waals surface area contributed by atoms with Crippen molar-refractivity contribution in [3.63, 3.8) is 0 Å². The van der Waals surface area contributed by atoms with Crippen molar-refractivity contribution in [2.24, 2.45) is 0 Å².